The number of pyridine rings is 1. The second-order valence-corrected chi connectivity index (χ2v) is 8.52. The van der Waals surface area contributed by atoms with Crippen LogP contribution < -0.4 is 0 Å². The smallest absolute Gasteiger partial charge is 0.289 e. The summed E-state index contributed by atoms with van der Waals surface area (Å²) in [4.78, 5) is 28.2. The predicted molar refractivity (Wildman–Crippen MR) is 111 cm³/mol. The van der Waals surface area contributed by atoms with Crippen LogP contribution in [0.15, 0.2) is 53.5 Å². The minimum absolute atomic E-state index is 0.0409. The highest BCUT2D eigenvalue weighted by Crippen LogP contribution is 2.35. The Bertz CT molecular complexity index is 970. The Morgan fingerprint density at radius 1 is 1.14 bits per heavy atom. The number of hydrogen-bond donors (Lipinski definition) is 0. The van der Waals surface area contributed by atoms with Gasteiger partial charge in [-0.15, -0.1) is 0 Å². The van der Waals surface area contributed by atoms with E-state index in [4.69, 9.17) is 9.40 Å². The topological polar surface area (TPSA) is 72.1 Å². The average molecular weight is 390 g/mol. The molecule has 4 rings (SSSR count). The summed E-state index contributed by atoms with van der Waals surface area (Å²) >= 11 is 0. The standard InChI is InChI=1S/C23H26N4O2/c1-23(2,3)22-25-15-18(16-6-10-24-11-7-16)20(26-22)17-8-12-27(13-9-17)21(28)19-5-4-14-29-19/h4-7,10-11,14-15,17H,8-9,12-13H2,1-3H3. The summed E-state index contributed by atoms with van der Waals surface area (Å²) < 4.78 is 5.27. The summed E-state index contributed by atoms with van der Waals surface area (Å²) in [6.45, 7) is 7.76. The second-order valence-electron chi connectivity index (χ2n) is 8.52. The normalized spacial score (nSPS) is 15.5. The SMILES string of the molecule is CC(C)(C)c1ncc(-c2ccncc2)c(C2CCN(C(=O)c3ccco3)CC2)n1. The lowest BCUT2D eigenvalue weighted by molar-refractivity contribution is 0.0680. The first-order valence-corrected chi connectivity index (χ1v) is 10.0. The van der Waals surface area contributed by atoms with E-state index < -0.39 is 0 Å². The highest BCUT2D eigenvalue weighted by Gasteiger charge is 2.29. The highest BCUT2D eigenvalue weighted by molar-refractivity contribution is 5.91. The highest BCUT2D eigenvalue weighted by atomic mass is 16.3. The van der Waals surface area contributed by atoms with Gasteiger partial charge in [0.25, 0.3) is 5.91 Å². The predicted octanol–water partition coefficient (Wildman–Crippen LogP) is 4.45. The zero-order valence-electron chi connectivity index (χ0n) is 17.1. The molecule has 0 aliphatic carbocycles. The van der Waals surface area contributed by atoms with Gasteiger partial charge in [0, 0.05) is 48.6 Å². The van der Waals surface area contributed by atoms with Crippen LogP contribution in [0.5, 0.6) is 0 Å². The van der Waals surface area contributed by atoms with Crippen molar-refractivity contribution >= 4 is 5.91 Å². The molecule has 4 heterocycles. The van der Waals surface area contributed by atoms with E-state index in [0.29, 0.717) is 18.8 Å². The quantitative estimate of drug-likeness (QED) is 0.661. The van der Waals surface area contributed by atoms with Gasteiger partial charge in [-0.05, 0) is 42.7 Å². The fourth-order valence-electron chi connectivity index (χ4n) is 3.73. The van der Waals surface area contributed by atoms with Crippen LogP contribution in [-0.2, 0) is 5.41 Å². The first-order chi connectivity index (χ1) is 13.9. The number of hydrogen-bond acceptors (Lipinski definition) is 5. The maximum atomic E-state index is 12.6. The molecule has 0 radical (unpaired) electrons. The molecule has 1 fully saturated rings. The Morgan fingerprint density at radius 3 is 2.48 bits per heavy atom. The van der Waals surface area contributed by atoms with E-state index >= 15 is 0 Å². The third-order valence-electron chi connectivity index (χ3n) is 5.38. The second kappa shape index (κ2) is 7.78. The van der Waals surface area contributed by atoms with Gasteiger partial charge in [-0.1, -0.05) is 20.8 Å². The van der Waals surface area contributed by atoms with Crippen LogP contribution in [0.4, 0.5) is 0 Å². The summed E-state index contributed by atoms with van der Waals surface area (Å²) in [6.07, 6.45) is 8.80. The van der Waals surface area contributed by atoms with Gasteiger partial charge in [-0.25, -0.2) is 9.97 Å². The van der Waals surface area contributed by atoms with Crippen molar-refractivity contribution in [2.75, 3.05) is 13.1 Å². The van der Waals surface area contributed by atoms with Crippen molar-refractivity contribution < 1.29 is 9.21 Å². The molecule has 0 N–H and O–H groups in total. The van der Waals surface area contributed by atoms with Crippen LogP contribution >= 0.6 is 0 Å². The number of piperidine rings is 1. The maximum Gasteiger partial charge on any atom is 0.289 e. The molecule has 150 valence electrons. The molecule has 0 bridgehead atoms. The van der Waals surface area contributed by atoms with Gasteiger partial charge in [0.2, 0.25) is 0 Å². The molecule has 0 saturated carbocycles. The van der Waals surface area contributed by atoms with Crippen molar-refractivity contribution in [3.05, 3.63) is 66.4 Å². The number of likely N-dealkylation sites (tertiary alicyclic amines) is 1. The third-order valence-corrected chi connectivity index (χ3v) is 5.38. The Balaban J connectivity index is 1.61. The molecule has 3 aromatic heterocycles. The van der Waals surface area contributed by atoms with E-state index in [2.05, 4.69) is 30.7 Å². The molecular weight excluding hydrogens is 364 g/mol. The van der Waals surface area contributed by atoms with Crippen molar-refractivity contribution in [1.82, 2.24) is 19.9 Å². The van der Waals surface area contributed by atoms with E-state index in [-0.39, 0.29) is 17.2 Å². The molecule has 0 spiro atoms. The fourth-order valence-corrected chi connectivity index (χ4v) is 3.73. The molecular formula is C23H26N4O2. The molecule has 0 atom stereocenters. The van der Waals surface area contributed by atoms with Crippen molar-refractivity contribution in [1.29, 1.82) is 0 Å². The average Bonchev–Trinajstić information content (AvgIpc) is 3.28. The van der Waals surface area contributed by atoms with Crippen LogP contribution in [-0.4, -0.2) is 38.8 Å². The molecule has 0 aromatic carbocycles. The lowest BCUT2D eigenvalue weighted by Gasteiger charge is -2.32. The van der Waals surface area contributed by atoms with Crippen LogP contribution in [0.3, 0.4) is 0 Å². The van der Waals surface area contributed by atoms with Crippen molar-refractivity contribution in [3.63, 3.8) is 0 Å². The van der Waals surface area contributed by atoms with Crippen molar-refractivity contribution in [2.45, 2.75) is 44.9 Å². The molecule has 1 aliphatic heterocycles. The van der Waals surface area contributed by atoms with Gasteiger partial charge in [-0.3, -0.25) is 9.78 Å². The van der Waals surface area contributed by atoms with Gasteiger partial charge in [0.05, 0.1) is 12.0 Å². The number of nitrogens with zero attached hydrogens (tertiary/aromatic N) is 4. The Kier molecular flexibility index (Phi) is 5.18. The fraction of sp³-hybridized carbons (Fsp3) is 0.391. The number of carbonyl (C=O) groups excluding carboxylic acids is 1. The molecule has 6 nitrogen and oxygen atoms in total. The first kappa shape index (κ1) is 19.3. The summed E-state index contributed by atoms with van der Waals surface area (Å²) in [5, 5.41) is 0. The lowest BCUT2D eigenvalue weighted by atomic mass is 9.88. The minimum atomic E-state index is -0.124. The molecule has 3 aromatic rings. The number of carbonyl (C=O) groups is 1. The number of amides is 1. The minimum Gasteiger partial charge on any atom is -0.459 e. The third kappa shape index (κ3) is 4.06. The lowest BCUT2D eigenvalue weighted by Crippen LogP contribution is -2.38. The van der Waals surface area contributed by atoms with Crippen LogP contribution in [0.1, 0.15) is 61.6 Å². The van der Waals surface area contributed by atoms with E-state index in [1.165, 1.54) is 6.26 Å². The largest absolute Gasteiger partial charge is 0.459 e. The van der Waals surface area contributed by atoms with E-state index in [1.54, 1.807) is 24.5 Å². The first-order valence-electron chi connectivity index (χ1n) is 10.0. The van der Waals surface area contributed by atoms with Crippen LogP contribution in [0.25, 0.3) is 11.1 Å². The van der Waals surface area contributed by atoms with Gasteiger partial charge in [-0.2, -0.15) is 0 Å². The monoisotopic (exact) mass is 390 g/mol. The van der Waals surface area contributed by atoms with Crippen molar-refractivity contribution in [2.24, 2.45) is 0 Å². The molecule has 1 aliphatic rings. The number of rotatable bonds is 3. The van der Waals surface area contributed by atoms with Crippen LogP contribution in [0.2, 0.25) is 0 Å². The van der Waals surface area contributed by atoms with Gasteiger partial charge in [0.15, 0.2) is 5.76 Å². The number of furan rings is 1. The molecule has 0 unspecified atom stereocenters. The maximum absolute atomic E-state index is 12.6. The molecule has 1 saturated heterocycles. The molecule has 6 heteroatoms. The summed E-state index contributed by atoms with van der Waals surface area (Å²) in [7, 11) is 0. The molecule has 29 heavy (non-hydrogen) atoms. The Morgan fingerprint density at radius 2 is 1.86 bits per heavy atom. The van der Waals surface area contributed by atoms with Crippen LogP contribution in [0, 0.1) is 0 Å². The zero-order chi connectivity index (χ0) is 20.4. The van der Waals surface area contributed by atoms with Gasteiger partial charge >= 0.3 is 0 Å². The van der Waals surface area contributed by atoms with Gasteiger partial charge < -0.3 is 9.32 Å². The zero-order valence-corrected chi connectivity index (χ0v) is 17.1. The summed E-state index contributed by atoms with van der Waals surface area (Å²) in [5.41, 5.74) is 3.07. The Hall–Kier alpha value is -3.02. The number of aromatic nitrogens is 3. The Labute approximate surface area is 171 Å². The van der Waals surface area contributed by atoms with E-state index in [1.807, 2.05) is 23.2 Å². The van der Waals surface area contributed by atoms with Crippen molar-refractivity contribution in [3.8, 4) is 11.1 Å². The molecule has 1 amide bonds. The van der Waals surface area contributed by atoms with Gasteiger partial charge in [0.1, 0.15) is 5.82 Å². The van der Waals surface area contributed by atoms with E-state index in [9.17, 15) is 4.79 Å². The summed E-state index contributed by atoms with van der Waals surface area (Å²) in [6, 6.07) is 7.45. The summed E-state index contributed by atoms with van der Waals surface area (Å²) in [5.74, 6) is 1.49. The van der Waals surface area contributed by atoms with E-state index in [0.717, 1.165) is 35.5 Å².